The molecule has 0 aromatic heterocycles. The number of halogens is 1. The lowest BCUT2D eigenvalue weighted by Crippen LogP contribution is -2.38. The van der Waals surface area contributed by atoms with E-state index in [0.717, 1.165) is 0 Å². The van der Waals surface area contributed by atoms with Gasteiger partial charge in [0, 0.05) is 23.1 Å². The van der Waals surface area contributed by atoms with E-state index in [9.17, 15) is 0 Å². The number of nitrogens with zero attached hydrogens (tertiary/aromatic N) is 1. The van der Waals surface area contributed by atoms with Crippen LogP contribution in [0.15, 0.2) is 22.7 Å². The highest BCUT2D eigenvalue weighted by atomic mass is 79.9. The summed E-state index contributed by atoms with van der Waals surface area (Å²) in [5.74, 6) is 0. The predicted molar refractivity (Wildman–Crippen MR) is 89.9 cm³/mol. The van der Waals surface area contributed by atoms with Crippen molar-refractivity contribution in [3.63, 3.8) is 0 Å². The molecule has 0 heterocycles. The van der Waals surface area contributed by atoms with Gasteiger partial charge in [0.25, 0.3) is 0 Å². The third-order valence-corrected chi connectivity index (χ3v) is 5.32. The van der Waals surface area contributed by atoms with Gasteiger partial charge in [0.15, 0.2) is 0 Å². The summed E-state index contributed by atoms with van der Waals surface area (Å²) in [5.41, 5.74) is 8.71. The zero-order valence-electron chi connectivity index (χ0n) is 12.7. The van der Waals surface area contributed by atoms with Crippen molar-refractivity contribution in [2.24, 2.45) is 5.73 Å². The van der Waals surface area contributed by atoms with Gasteiger partial charge in [0.2, 0.25) is 0 Å². The minimum absolute atomic E-state index is 0.313. The molecule has 2 nitrogen and oxygen atoms in total. The van der Waals surface area contributed by atoms with Crippen molar-refractivity contribution >= 4 is 15.9 Å². The molecular weight excluding hydrogens is 312 g/mol. The van der Waals surface area contributed by atoms with Gasteiger partial charge in [-0.3, -0.25) is 4.90 Å². The molecule has 1 aromatic rings. The topological polar surface area (TPSA) is 29.3 Å². The Balaban J connectivity index is 2.17. The van der Waals surface area contributed by atoms with Crippen LogP contribution in [0.3, 0.4) is 0 Å². The van der Waals surface area contributed by atoms with Gasteiger partial charge < -0.3 is 5.73 Å². The molecule has 1 fully saturated rings. The van der Waals surface area contributed by atoms with Gasteiger partial charge in [-0.15, -0.1) is 0 Å². The second kappa shape index (κ2) is 7.58. The molecule has 1 aromatic carbocycles. The standard InChI is InChI=1S/C17H27BrN2/c1-13-9-10-15(16(18)11-13)17(12-19)20(2)14-7-5-3-4-6-8-14/h9-11,14,17H,3-8,12,19H2,1-2H3. The average Bonchev–Trinajstić information content (AvgIpc) is 2.70. The Hall–Kier alpha value is -0.380. The van der Waals surface area contributed by atoms with Crippen LogP contribution in [0.2, 0.25) is 0 Å². The van der Waals surface area contributed by atoms with Crippen molar-refractivity contribution < 1.29 is 0 Å². The van der Waals surface area contributed by atoms with Gasteiger partial charge in [0.1, 0.15) is 0 Å². The molecule has 0 bridgehead atoms. The van der Waals surface area contributed by atoms with Crippen LogP contribution in [0.25, 0.3) is 0 Å². The molecule has 1 aliphatic carbocycles. The highest BCUT2D eigenvalue weighted by Gasteiger charge is 2.25. The maximum Gasteiger partial charge on any atom is 0.0481 e. The maximum absolute atomic E-state index is 6.10. The number of aryl methyl sites for hydroxylation is 1. The Morgan fingerprint density at radius 1 is 1.25 bits per heavy atom. The van der Waals surface area contributed by atoms with Crippen LogP contribution in [0.1, 0.15) is 55.7 Å². The summed E-state index contributed by atoms with van der Waals surface area (Å²) in [5, 5.41) is 0. The molecule has 1 unspecified atom stereocenters. The molecule has 1 atom stereocenters. The molecule has 0 aliphatic heterocycles. The quantitative estimate of drug-likeness (QED) is 0.823. The number of hydrogen-bond acceptors (Lipinski definition) is 2. The van der Waals surface area contributed by atoms with Crippen LogP contribution < -0.4 is 5.73 Å². The van der Waals surface area contributed by atoms with Crippen LogP contribution in [-0.2, 0) is 0 Å². The van der Waals surface area contributed by atoms with Crippen LogP contribution in [0.5, 0.6) is 0 Å². The van der Waals surface area contributed by atoms with E-state index in [-0.39, 0.29) is 0 Å². The Kier molecular flexibility index (Phi) is 6.06. The smallest absolute Gasteiger partial charge is 0.0481 e. The van der Waals surface area contributed by atoms with E-state index in [4.69, 9.17) is 5.73 Å². The Bertz CT molecular complexity index is 425. The molecule has 3 heteroatoms. The highest BCUT2D eigenvalue weighted by molar-refractivity contribution is 9.10. The van der Waals surface area contributed by atoms with Crippen molar-refractivity contribution in [1.29, 1.82) is 0 Å². The molecular formula is C17H27BrN2. The van der Waals surface area contributed by atoms with Crippen molar-refractivity contribution in [2.45, 2.75) is 57.5 Å². The second-order valence-electron chi connectivity index (χ2n) is 6.09. The first-order valence-electron chi connectivity index (χ1n) is 7.81. The molecule has 0 amide bonds. The number of rotatable bonds is 4. The van der Waals surface area contributed by atoms with E-state index < -0.39 is 0 Å². The molecule has 112 valence electrons. The van der Waals surface area contributed by atoms with E-state index in [2.05, 4.69) is 53.0 Å². The number of likely N-dealkylation sites (N-methyl/N-ethyl adjacent to an activating group) is 1. The number of nitrogens with two attached hydrogens (primary N) is 1. The summed E-state index contributed by atoms with van der Waals surface area (Å²) in [4.78, 5) is 2.51. The zero-order chi connectivity index (χ0) is 14.5. The van der Waals surface area contributed by atoms with E-state index in [1.165, 1.54) is 54.1 Å². The van der Waals surface area contributed by atoms with Gasteiger partial charge in [-0.2, -0.15) is 0 Å². The number of hydrogen-bond donors (Lipinski definition) is 1. The van der Waals surface area contributed by atoms with E-state index >= 15 is 0 Å². The van der Waals surface area contributed by atoms with Crippen molar-refractivity contribution in [3.05, 3.63) is 33.8 Å². The summed E-state index contributed by atoms with van der Waals surface area (Å²) < 4.78 is 1.19. The summed E-state index contributed by atoms with van der Waals surface area (Å²) in [6, 6.07) is 7.60. The van der Waals surface area contributed by atoms with Crippen molar-refractivity contribution in [1.82, 2.24) is 4.90 Å². The molecule has 2 rings (SSSR count). The lowest BCUT2D eigenvalue weighted by molar-refractivity contribution is 0.161. The fraction of sp³-hybridized carbons (Fsp3) is 0.647. The third kappa shape index (κ3) is 3.84. The predicted octanol–water partition coefficient (Wildman–Crippen LogP) is 4.41. The average molecular weight is 339 g/mol. The van der Waals surface area contributed by atoms with Crippen molar-refractivity contribution in [3.8, 4) is 0 Å². The summed E-state index contributed by atoms with van der Waals surface area (Å²) >= 11 is 3.71. The SMILES string of the molecule is Cc1ccc(C(CN)N(C)C2CCCCCC2)c(Br)c1. The Morgan fingerprint density at radius 2 is 1.90 bits per heavy atom. The molecule has 1 aliphatic rings. The minimum atomic E-state index is 0.313. The van der Waals surface area contributed by atoms with Crippen LogP contribution in [0.4, 0.5) is 0 Å². The van der Waals surface area contributed by atoms with Gasteiger partial charge in [-0.25, -0.2) is 0 Å². The van der Waals surface area contributed by atoms with E-state index in [1.807, 2.05) is 0 Å². The fourth-order valence-corrected chi connectivity index (χ4v) is 4.09. The first kappa shape index (κ1) is 16.0. The monoisotopic (exact) mass is 338 g/mol. The van der Waals surface area contributed by atoms with Gasteiger partial charge >= 0.3 is 0 Å². The molecule has 0 radical (unpaired) electrons. The maximum atomic E-state index is 6.10. The van der Waals surface area contributed by atoms with Crippen molar-refractivity contribution in [2.75, 3.05) is 13.6 Å². The fourth-order valence-electron chi connectivity index (χ4n) is 3.33. The Labute approximate surface area is 131 Å². The molecule has 20 heavy (non-hydrogen) atoms. The lowest BCUT2D eigenvalue weighted by Gasteiger charge is -2.35. The summed E-state index contributed by atoms with van der Waals surface area (Å²) in [7, 11) is 2.25. The molecule has 0 saturated heterocycles. The molecule has 2 N–H and O–H groups in total. The second-order valence-corrected chi connectivity index (χ2v) is 6.94. The third-order valence-electron chi connectivity index (χ3n) is 4.63. The highest BCUT2D eigenvalue weighted by Crippen LogP contribution is 2.31. The van der Waals surface area contributed by atoms with Gasteiger partial charge in [-0.1, -0.05) is 53.7 Å². The summed E-state index contributed by atoms with van der Waals surface area (Å²) in [6.07, 6.45) is 8.15. The minimum Gasteiger partial charge on any atom is -0.329 e. The van der Waals surface area contributed by atoms with Gasteiger partial charge in [-0.05, 0) is 44.0 Å². The zero-order valence-corrected chi connectivity index (χ0v) is 14.3. The van der Waals surface area contributed by atoms with Gasteiger partial charge in [0.05, 0.1) is 0 Å². The molecule has 0 spiro atoms. The normalized spacial score (nSPS) is 19.1. The number of benzene rings is 1. The van der Waals surface area contributed by atoms with E-state index in [1.54, 1.807) is 0 Å². The largest absolute Gasteiger partial charge is 0.329 e. The van der Waals surface area contributed by atoms with E-state index in [0.29, 0.717) is 18.6 Å². The van der Waals surface area contributed by atoms with Crippen LogP contribution in [0, 0.1) is 6.92 Å². The van der Waals surface area contributed by atoms with Crippen LogP contribution in [-0.4, -0.2) is 24.5 Å². The summed E-state index contributed by atoms with van der Waals surface area (Å²) in [6.45, 7) is 2.80. The lowest BCUT2D eigenvalue weighted by atomic mass is 9.99. The van der Waals surface area contributed by atoms with Crippen LogP contribution >= 0.6 is 15.9 Å². The first-order valence-corrected chi connectivity index (χ1v) is 8.61. The molecule has 1 saturated carbocycles. The Morgan fingerprint density at radius 3 is 2.45 bits per heavy atom. The first-order chi connectivity index (χ1) is 9.63.